The minimum absolute atomic E-state index is 0.366. The number of ether oxygens (including phenoxy) is 1. The molecule has 4 nitrogen and oxygen atoms in total. The van der Waals surface area contributed by atoms with Crippen molar-refractivity contribution in [1.29, 1.82) is 0 Å². The molecule has 0 saturated carbocycles. The first-order valence-electron chi connectivity index (χ1n) is 5.55. The quantitative estimate of drug-likeness (QED) is 0.791. The molecule has 1 aromatic carbocycles. The Hall–Kier alpha value is -1.07. The summed E-state index contributed by atoms with van der Waals surface area (Å²) in [6.45, 7) is 4.68. The molecule has 0 unspecified atom stereocenters. The van der Waals surface area contributed by atoms with E-state index in [2.05, 4.69) is 5.32 Å². The second kappa shape index (κ2) is 6.02. The predicted octanol–water partition coefficient (Wildman–Crippen LogP) is 1.93. The van der Waals surface area contributed by atoms with Crippen LogP contribution in [-0.4, -0.2) is 33.9 Å². The maximum Gasteiger partial charge on any atom is 0.180 e. The van der Waals surface area contributed by atoms with Crippen LogP contribution in [0.4, 0.5) is 5.69 Å². The number of methoxy groups -OCH3 is 1. The van der Waals surface area contributed by atoms with E-state index < -0.39 is 15.1 Å². The molecule has 0 bridgehead atoms. The first kappa shape index (κ1) is 14.0. The average molecular weight is 257 g/mol. The van der Waals surface area contributed by atoms with Crippen molar-refractivity contribution in [3.05, 3.63) is 24.3 Å². The highest BCUT2D eigenvalue weighted by Crippen LogP contribution is 2.18. The summed E-state index contributed by atoms with van der Waals surface area (Å²) in [5.74, 6) is 0. The fourth-order valence-corrected chi connectivity index (χ4v) is 2.39. The minimum atomic E-state index is -3.17. The van der Waals surface area contributed by atoms with Crippen LogP contribution in [0.1, 0.15) is 13.8 Å². The van der Waals surface area contributed by atoms with Crippen LogP contribution in [0.2, 0.25) is 0 Å². The van der Waals surface area contributed by atoms with Crippen molar-refractivity contribution < 1.29 is 13.2 Å². The lowest BCUT2D eigenvalue weighted by Gasteiger charge is -2.09. The molecule has 0 fully saturated rings. The van der Waals surface area contributed by atoms with Crippen LogP contribution in [-0.2, 0) is 14.6 Å². The van der Waals surface area contributed by atoms with Crippen LogP contribution in [0.25, 0.3) is 0 Å². The molecule has 96 valence electrons. The van der Waals surface area contributed by atoms with Crippen LogP contribution in [0.15, 0.2) is 29.2 Å². The first-order valence-corrected chi connectivity index (χ1v) is 7.10. The van der Waals surface area contributed by atoms with E-state index >= 15 is 0 Å². The Morgan fingerprint density at radius 3 is 2.29 bits per heavy atom. The Morgan fingerprint density at radius 2 is 1.82 bits per heavy atom. The topological polar surface area (TPSA) is 55.4 Å². The Labute approximate surface area is 103 Å². The third-order valence-corrected chi connectivity index (χ3v) is 4.61. The first-order chi connectivity index (χ1) is 7.98. The van der Waals surface area contributed by atoms with Crippen molar-refractivity contribution in [3.8, 4) is 0 Å². The van der Waals surface area contributed by atoms with Gasteiger partial charge in [0, 0.05) is 19.3 Å². The van der Waals surface area contributed by atoms with Gasteiger partial charge < -0.3 is 10.1 Å². The lowest BCUT2D eigenvalue weighted by Crippen LogP contribution is -2.14. The Bertz CT molecular complexity index is 437. The third kappa shape index (κ3) is 3.71. The van der Waals surface area contributed by atoms with Crippen molar-refractivity contribution in [1.82, 2.24) is 0 Å². The van der Waals surface area contributed by atoms with Gasteiger partial charge in [0.1, 0.15) is 0 Å². The zero-order valence-corrected chi connectivity index (χ0v) is 11.3. The van der Waals surface area contributed by atoms with Crippen LogP contribution in [0.3, 0.4) is 0 Å². The highest BCUT2D eigenvalue weighted by Gasteiger charge is 2.18. The number of nitrogens with one attached hydrogen (secondary N) is 1. The van der Waals surface area contributed by atoms with E-state index in [4.69, 9.17) is 4.74 Å². The fourth-order valence-electron chi connectivity index (χ4n) is 1.33. The molecule has 0 aliphatic rings. The van der Waals surface area contributed by atoms with Gasteiger partial charge in [0.25, 0.3) is 0 Å². The summed E-state index contributed by atoms with van der Waals surface area (Å²) in [6.07, 6.45) is 0. The van der Waals surface area contributed by atoms with Crippen molar-refractivity contribution in [3.63, 3.8) is 0 Å². The van der Waals surface area contributed by atoms with Gasteiger partial charge in [-0.1, -0.05) is 0 Å². The second-order valence-corrected chi connectivity index (χ2v) is 6.54. The standard InChI is InChI=1S/C12H19NO3S/c1-10(2)17(14,15)12-6-4-11(5-7-12)13-8-9-16-3/h4-7,10,13H,8-9H2,1-3H3. The van der Waals surface area contributed by atoms with Gasteiger partial charge in [-0.3, -0.25) is 0 Å². The highest BCUT2D eigenvalue weighted by atomic mass is 32.2. The van der Waals surface area contributed by atoms with Crippen molar-refractivity contribution in [2.75, 3.05) is 25.6 Å². The molecule has 0 heterocycles. The molecule has 1 N–H and O–H groups in total. The molecule has 0 aromatic heterocycles. The molecular formula is C12H19NO3S. The molecule has 0 atom stereocenters. The molecule has 0 aliphatic carbocycles. The van der Waals surface area contributed by atoms with Gasteiger partial charge >= 0.3 is 0 Å². The summed E-state index contributed by atoms with van der Waals surface area (Å²) in [7, 11) is -1.53. The number of rotatable bonds is 6. The highest BCUT2D eigenvalue weighted by molar-refractivity contribution is 7.92. The summed E-state index contributed by atoms with van der Waals surface area (Å²) < 4.78 is 28.6. The number of sulfone groups is 1. The van der Waals surface area contributed by atoms with Gasteiger partial charge in [-0.25, -0.2) is 8.42 Å². The Morgan fingerprint density at radius 1 is 1.24 bits per heavy atom. The molecule has 0 radical (unpaired) electrons. The van der Waals surface area contributed by atoms with E-state index in [1.165, 1.54) is 0 Å². The fraction of sp³-hybridized carbons (Fsp3) is 0.500. The van der Waals surface area contributed by atoms with Crippen molar-refractivity contribution in [2.24, 2.45) is 0 Å². The molecule has 1 rings (SSSR count). The number of anilines is 1. The SMILES string of the molecule is COCCNc1ccc(S(=O)(=O)C(C)C)cc1. The second-order valence-electron chi connectivity index (χ2n) is 4.04. The normalized spacial score (nSPS) is 11.8. The maximum atomic E-state index is 11.9. The van der Waals surface area contributed by atoms with E-state index in [1.807, 2.05) is 0 Å². The van der Waals surface area contributed by atoms with Crippen LogP contribution >= 0.6 is 0 Å². The molecule has 0 aliphatic heterocycles. The number of benzene rings is 1. The zero-order chi connectivity index (χ0) is 12.9. The molecule has 0 amide bonds. The largest absolute Gasteiger partial charge is 0.383 e. The molecule has 17 heavy (non-hydrogen) atoms. The van der Waals surface area contributed by atoms with Crippen LogP contribution < -0.4 is 5.32 Å². The van der Waals surface area contributed by atoms with Crippen LogP contribution in [0.5, 0.6) is 0 Å². The Balaban J connectivity index is 2.75. The van der Waals surface area contributed by atoms with Gasteiger partial charge in [-0.2, -0.15) is 0 Å². The van der Waals surface area contributed by atoms with Gasteiger partial charge in [-0.05, 0) is 38.1 Å². The average Bonchev–Trinajstić information content (AvgIpc) is 2.30. The molecule has 0 saturated heterocycles. The van der Waals surface area contributed by atoms with Crippen molar-refractivity contribution >= 4 is 15.5 Å². The third-order valence-electron chi connectivity index (χ3n) is 2.44. The smallest absolute Gasteiger partial charge is 0.180 e. The number of hydrogen-bond acceptors (Lipinski definition) is 4. The summed E-state index contributed by atoms with van der Waals surface area (Å²) in [5.41, 5.74) is 0.893. The van der Waals surface area contributed by atoms with Crippen LogP contribution in [0, 0.1) is 0 Å². The minimum Gasteiger partial charge on any atom is -0.383 e. The van der Waals surface area contributed by atoms with Gasteiger partial charge in [0.15, 0.2) is 9.84 Å². The van der Waals surface area contributed by atoms with E-state index in [9.17, 15) is 8.42 Å². The van der Waals surface area contributed by atoms with E-state index in [-0.39, 0.29) is 0 Å². The van der Waals surface area contributed by atoms with Crippen molar-refractivity contribution in [2.45, 2.75) is 24.0 Å². The Kier molecular flexibility index (Phi) is 4.96. The molecule has 5 heteroatoms. The summed E-state index contributed by atoms with van der Waals surface area (Å²) in [6, 6.07) is 6.80. The van der Waals surface area contributed by atoms with E-state index in [0.717, 1.165) is 5.69 Å². The molecular weight excluding hydrogens is 238 g/mol. The molecule has 0 spiro atoms. The van der Waals surface area contributed by atoms with Gasteiger partial charge in [0.2, 0.25) is 0 Å². The number of hydrogen-bond donors (Lipinski definition) is 1. The summed E-state index contributed by atoms with van der Waals surface area (Å²) >= 11 is 0. The lowest BCUT2D eigenvalue weighted by molar-refractivity contribution is 0.211. The van der Waals surface area contributed by atoms with E-state index in [0.29, 0.717) is 18.0 Å². The molecule has 1 aromatic rings. The van der Waals surface area contributed by atoms with E-state index in [1.54, 1.807) is 45.2 Å². The predicted molar refractivity (Wildman–Crippen MR) is 69.1 cm³/mol. The summed E-state index contributed by atoms with van der Waals surface area (Å²) in [5, 5.41) is 2.74. The monoisotopic (exact) mass is 257 g/mol. The zero-order valence-electron chi connectivity index (χ0n) is 10.4. The lowest BCUT2D eigenvalue weighted by atomic mass is 10.3. The van der Waals surface area contributed by atoms with Gasteiger partial charge in [0.05, 0.1) is 16.8 Å². The summed E-state index contributed by atoms with van der Waals surface area (Å²) in [4.78, 5) is 0.366. The maximum absolute atomic E-state index is 11.9. The van der Waals surface area contributed by atoms with Gasteiger partial charge in [-0.15, -0.1) is 0 Å².